The molecule has 0 fully saturated rings. The van der Waals surface area contributed by atoms with Crippen molar-refractivity contribution in [2.75, 3.05) is 0 Å². The maximum Gasteiger partial charge on any atom is 1.00 e. The van der Waals surface area contributed by atoms with Crippen LogP contribution in [-0.4, -0.2) is 0 Å². The second kappa shape index (κ2) is 4.22. The molecule has 0 unspecified atom stereocenters. The zero-order chi connectivity index (χ0) is 6.69. The molecular weight excluding hydrogens is 119 g/mol. The maximum absolute atomic E-state index is 10.8. The van der Waals surface area contributed by atoms with Gasteiger partial charge in [0.05, 0.1) is 0 Å². The molecule has 0 N–H and O–H groups in total. The van der Waals surface area contributed by atoms with E-state index < -0.39 is 0 Å². The zero-order valence-electron chi connectivity index (χ0n) is 6.00. The maximum atomic E-state index is 10.8. The van der Waals surface area contributed by atoms with Crippen LogP contribution in [0.4, 0.5) is 0 Å². The first kappa shape index (κ1) is 9.36. The molecule has 0 radical (unpaired) electrons. The van der Waals surface area contributed by atoms with E-state index in [0.29, 0.717) is 5.56 Å². The number of hydrogen-bond acceptors (Lipinski definition) is 1. The van der Waals surface area contributed by atoms with Crippen LogP contribution in [0.15, 0.2) is 30.8 Å². The molecule has 0 saturated heterocycles. The first-order valence-electron chi connectivity index (χ1n) is 2.73. The van der Waals surface area contributed by atoms with E-state index in [9.17, 15) is 5.11 Å². The van der Waals surface area contributed by atoms with Gasteiger partial charge in [-0.3, -0.25) is 0 Å². The van der Waals surface area contributed by atoms with Crippen LogP contribution in [0, 0.1) is 0 Å². The Morgan fingerprint density at radius 1 is 1.30 bits per heavy atom. The first-order valence-corrected chi connectivity index (χ1v) is 2.73. The summed E-state index contributed by atoms with van der Waals surface area (Å²) in [6.07, 6.45) is 1.56. The number of benzene rings is 1. The smallest absolute Gasteiger partial charge is 0.872 e. The molecule has 0 amide bonds. The Hall–Kier alpha value is -0.643. The second-order valence-electron chi connectivity index (χ2n) is 1.74. The molecular formula is C8H7LiO. The summed E-state index contributed by atoms with van der Waals surface area (Å²) in [5.41, 5.74) is 0.664. The van der Waals surface area contributed by atoms with Crippen LogP contribution in [0.5, 0.6) is 5.75 Å². The van der Waals surface area contributed by atoms with Crippen molar-refractivity contribution in [3.63, 3.8) is 0 Å². The summed E-state index contributed by atoms with van der Waals surface area (Å²) in [5, 5.41) is 10.8. The number of rotatable bonds is 1. The van der Waals surface area contributed by atoms with Crippen molar-refractivity contribution in [3.8, 4) is 5.75 Å². The van der Waals surface area contributed by atoms with Gasteiger partial charge in [0.2, 0.25) is 0 Å². The predicted molar refractivity (Wildman–Crippen MR) is 36.0 cm³/mol. The molecule has 0 aromatic heterocycles. The van der Waals surface area contributed by atoms with Gasteiger partial charge in [-0.05, 0) is 5.56 Å². The molecule has 1 rings (SSSR count). The summed E-state index contributed by atoms with van der Waals surface area (Å²) in [6.45, 7) is 3.49. The van der Waals surface area contributed by atoms with Crippen molar-refractivity contribution >= 4 is 6.08 Å². The van der Waals surface area contributed by atoms with Crippen molar-refractivity contribution in [3.05, 3.63) is 36.4 Å². The van der Waals surface area contributed by atoms with Crippen LogP contribution in [0.1, 0.15) is 5.56 Å². The van der Waals surface area contributed by atoms with Gasteiger partial charge < -0.3 is 5.11 Å². The van der Waals surface area contributed by atoms with E-state index in [1.807, 2.05) is 6.07 Å². The van der Waals surface area contributed by atoms with Gasteiger partial charge in [-0.2, -0.15) is 0 Å². The van der Waals surface area contributed by atoms with Gasteiger partial charge in [0.1, 0.15) is 0 Å². The second-order valence-corrected chi connectivity index (χ2v) is 1.74. The van der Waals surface area contributed by atoms with E-state index in [-0.39, 0.29) is 24.6 Å². The molecule has 10 heavy (non-hydrogen) atoms. The minimum absolute atomic E-state index is 0. The Morgan fingerprint density at radius 2 is 1.90 bits per heavy atom. The van der Waals surface area contributed by atoms with Crippen molar-refractivity contribution in [1.82, 2.24) is 0 Å². The molecule has 0 heterocycles. The van der Waals surface area contributed by atoms with Crippen molar-refractivity contribution in [1.29, 1.82) is 0 Å². The fourth-order valence-corrected chi connectivity index (χ4v) is 0.649. The van der Waals surface area contributed by atoms with E-state index >= 15 is 0 Å². The minimum atomic E-state index is 0. The van der Waals surface area contributed by atoms with Crippen LogP contribution in [-0.2, 0) is 0 Å². The normalized spacial score (nSPS) is 8.00. The molecule has 0 spiro atoms. The average Bonchev–Trinajstić information content (AvgIpc) is 1.89. The quantitative estimate of drug-likeness (QED) is 0.416. The Balaban J connectivity index is 0.000000810. The van der Waals surface area contributed by atoms with Crippen LogP contribution < -0.4 is 24.0 Å². The number of para-hydroxylation sites is 1. The zero-order valence-corrected chi connectivity index (χ0v) is 6.00. The molecule has 0 aliphatic carbocycles. The summed E-state index contributed by atoms with van der Waals surface area (Å²) in [6, 6.07) is 6.81. The summed E-state index contributed by atoms with van der Waals surface area (Å²) in [5.74, 6) is 0.0347. The van der Waals surface area contributed by atoms with E-state index in [4.69, 9.17) is 0 Å². The molecule has 0 aliphatic rings. The third-order valence-electron chi connectivity index (χ3n) is 1.14. The summed E-state index contributed by atoms with van der Waals surface area (Å²) in [4.78, 5) is 0. The van der Waals surface area contributed by atoms with E-state index in [0.717, 1.165) is 0 Å². The predicted octanol–water partition coefficient (Wildman–Crippen LogP) is -1.59. The molecule has 0 bridgehead atoms. The van der Waals surface area contributed by atoms with Gasteiger partial charge in [0.25, 0.3) is 0 Å². The standard InChI is InChI=1S/C8H8O.Li/c1-2-7-5-3-4-6-8(7)9;/h2-6,9H,1H2;/q;+1/p-1. The fraction of sp³-hybridized carbons (Fsp3) is 0. The van der Waals surface area contributed by atoms with Crippen LogP contribution in [0.25, 0.3) is 6.08 Å². The van der Waals surface area contributed by atoms with Gasteiger partial charge in [0, 0.05) is 0 Å². The summed E-state index contributed by atoms with van der Waals surface area (Å²) < 4.78 is 0. The molecule has 1 aromatic rings. The monoisotopic (exact) mass is 126 g/mol. The van der Waals surface area contributed by atoms with Crippen LogP contribution in [0.3, 0.4) is 0 Å². The largest absolute Gasteiger partial charge is 1.00 e. The fourth-order valence-electron chi connectivity index (χ4n) is 0.649. The Morgan fingerprint density at radius 3 is 2.30 bits per heavy atom. The van der Waals surface area contributed by atoms with Gasteiger partial charge in [-0.15, -0.1) is 5.75 Å². The van der Waals surface area contributed by atoms with E-state index in [1.54, 1.807) is 18.2 Å². The van der Waals surface area contributed by atoms with Gasteiger partial charge in [-0.1, -0.05) is 36.9 Å². The first-order chi connectivity index (χ1) is 4.34. The SMILES string of the molecule is C=Cc1ccccc1[O-].[Li+]. The molecule has 2 heteroatoms. The minimum Gasteiger partial charge on any atom is -0.872 e. The molecule has 0 aliphatic heterocycles. The van der Waals surface area contributed by atoms with E-state index in [1.165, 1.54) is 6.07 Å². The Kier molecular flexibility index (Phi) is 3.95. The molecule has 0 saturated carbocycles. The topological polar surface area (TPSA) is 23.1 Å². The van der Waals surface area contributed by atoms with Gasteiger partial charge in [-0.25, -0.2) is 0 Å². The Labute approximate surface area is 72.6 Å². The van der Waals surface area contributed by atoms with Crippen LogP contribution >= 0.6 is 0 Å². The van der Waals surface area contributed by atoms with Crippen molar-refractivity contribution in [2.24, 2.45) is 0 Å². The summed E-state index contributed by atoms with van der Waals surface area (Å²) in [7, 11) is 0. The number of hydrogen-bond donors (Lipinski definition) is 0. The Bertz CT molecular complexity index is 220. The van der Waals surface area contributed by atoms with E-state index in [2.05, 4.69) is 6.58 Å². The van der Waals surface area contributed by atoms with Crippen LogP contribution in [0.2, 0.25) is 0 Å². The molecule has 1 aromatic carbocycles. The third kappa shape index (κ3) is 1.95. The molecule has 0 atom stereocenters. The molecule has 46 valence electrons. The third-order valence-corrected chi connectivity index (χ3v) is 1.14. The van der Waals surface area contributed by atoms with Gasteiger partial charge in [0.15, 0.2) is 0 Å². The van der Waals surface area contributed by atoms with Crippen molar-refractivity contribution < 1.29 is 24.0 Å². The average molecular weight is 126 g/mol. The van der Waals surface area contributed by atoms with Crippen molar-refractivity contribution in [2.45, 2.75) is 0 Å². The van der Waals surface area contributed by atoms with Gasteiger partial charge >= 0.3 is 18.9 Å². The molecule has 1 nitrogen and oxygen atoms in total. The summed E-state index contributed by atoms with van der Waals surface area (Å²) >= 11 is 0.